The van der Waals surface area contributed by atoms with Gasteiger partial charge >= 0.3 is 0 Å². The van der Waals surface area contributed by atoms with Gasteiger partial charge in [0.25, 0.3) is 0 Å². The van der Waals surface area contributed by atoms with Crippen molar-refractivity contribution < 1.29 is 0 Å². The first-order chi connectivity index (χ1) is 8.27. The molecule has 0 saturated carbocycles. The SMILES string of the molecule is N=C(N)NCCCCCCCCCCCCCl. The number of alkyl halides is 1. The third-order valence-electron chi connectivity index (χ3n) is 2.88. The molecule has 17 heavy (non-hydrogen) atoms. The zero-order valence-electron chi connectivity index (χ0n) is 10.9. The lowest BCUT2D eigenvalue weighted by Gasteiger charge is -2.04. The molecule has 0 aromatic carbocycles. The lowest BCUT2D eigenvalue weighted by molar-refractivity contribution is 0.555. The monoisotopic (exact) mass is 261 g/mol. The van der Waals surface area contributed by atoms with Gasteiger partial charge in [0.15, 0.2) is 5.96 Å². The van der Waals surface area contributed by atoms with E-state index in [0.717, 1.165) is 18.8 Å². The Hall–Kier alpha value is -0.440. The van der Waals surface area contributed by atoms with Crippen molar-refractivity contribution in [3.63, 3.8) is 0 Å². The van der Waals surface area contributed by atoms with Crippen molar-refractivity contribution in [3.8, 4) is 0 Å². The normalized spacial score (nSPS) is 10.4. The van der Waals surface area contributed by atoms with Crippen LogP contribution in [-0.4, -0.2) is 18.4 Å². The number of nitrogens with one attached hydrogen (secondary N) is 2. The number of halogens is 1. The molecule has 0 aliphatic carbocycles. The lowest BCUT2D eigenvalue weighted by Crippen LogP contribution is -2.30. The van der Waals surface area contributed by atoms with Crippen molar-refractivity contribution in [2.75, 3.05) is 12.4 Å². The summed E-state index contributed by atoms with van der Waals surface area (Å²) >= 11 is 5.62. The van der Waals surface area contributed by atoms with E-state index in [1.54, 1.807) is 0 Å². The largest absolute Gasteiger partial charge is 0.370 e. The number of hydrogen-bond acceptors (Lipinski definition) is 1. The van der Waals surface area contributed by atoms with E-state index >= 15 is 0 Å². The predicted molar refractivity (Wildman–Crippen MR) is 76.8 cm³/mol. The van der Waals surface area contributed by atoms with Gasteiger partial charge in [-0.25, -0.2) is 0 Å². The smallest absolute Gasteiger partial charge is 0.185 e. The second-order valence-corrected chi connectivity index (χ2v) is 4.94. The number of rotatable bonds is 12. The Bertz CT molecular complexity index is 174. The summed E-state index contributed by atoms with van der Waals surface area (Å²) in [6, 6.07) is 0. The molecule has 0 amide bonds. The third-order valence-corrected chi connectivity index (χ3v) is 3.14. The Morgan fingerprint density at radius 3 is 1.65 bits per heavy atom. The first kappa shape index (κ1) is 16.6. The molecule has 0 saturated heterocycles. The third kappa shape index (κ3) is 15.6. The second kappa shape index (κ2) is 13.6. The van der Waals surface area contributed by atoms with Gasteiger partial charge in [-0.1, -0.05) is 51.4 Å². The minimum absolute atomic E-state index is 0.0851. The topological polar surface area (TPSA) is 61.9 Å². The molecular formula is C13H28ClN3. The Morgan fingerprint density at radius 1 is 0.824 bits per heavy atom. The van der Waals surface area contributed by atoms with Crippen LogP contribution >= 0.6 is 11.6 Å². The van der Waals surface area contributed by atoms with Gasteiger partial charge in [-0.15, -0.1) is 11.6 Å². The van der Waals surface area contributed by atoms with E-state index < -0.39 is 0 Å². The molecular weight excluding hydrogens is 234 g/mol. The highest BCUT2D eigenvalue weighted by Crippen LogP contribution is 2.10. The van der Waals surface area contributed by atoms with Crippen molar-refractivity contribution in [1.82, 2.24) is 5.32 Å². The van der Waals surface area contributed by atoms with Crippen molar-refractivity contribution in [3.05, 3.63) is 0 Å². The molecule has 0 unspecified atom stereocenters. The molecule has 0 aromatic rings. The number of nitrogens with two attached hydrogens (primary N) is 1. The first-order valence-corrected chi connectivity index (χ1v) is 7.44. The van der Waals surface area contributed by atoms with E-state index in [0.29, 0.717) is 0 Å². The number of hydrogen-bond donors (Lipinski definition) is 3. The summed E-state index contributed by atoms with van der Waals surface area (Å²) in [5.41, 5.74) is 5.19. The molecule has 4 heteroatoms. The van der Waals surface area contributed by atoms with Gasteiger partial charge in [0.1, 0.15) is 0 Å². The minimum atomic E-state index is 0.0851. The summed E-state index contributed by atoms with van der Waals surface area (Å²) in [7, 11) is 0. The summed E-state index contributed by atoms with van der Waals surface area (Å²) in [6.45, 7) is 0.841. The van der Waals surface area contributed by atoms with Gasteiger partial charge in [-0.2, -0.15) is 0 Å². The maximum absolute atomic E-state index is 6.99. The summed E-state index contributed by atoms with van der Waals surface area (Å²) in [5, 5.41) is 9.82. The molecule has 4 N–H and O–H groups in total. The van der Waals surface area contributed by atoms with E-state index in [1.807, 2.05) is 0 Å². The van der Waals surface area contributed by atoms with Crippen LogP contribution in [0, 0.1) is 5.41 Å². The summed E-state index contributed by atoms with van der Waals surface area (Å²) in [6.07, 6.45) is 12.9. The summed E-state index contributed by atoms with van der Waals surface area (Å²) in [4.78, 5) is 0. The molecule has 0 radical (unpaired) electrons. The van der Waals surface area contributed by atoms with E-state index in [1.165, 1.54) is 57.8 Å². The molecule has 0 aliphatic rings. The number of unbranched alkanes of at least 4 members (excludes halogenated alkanes) is 9. The molecule has 0 aliphatic heterocycles. The first-order valence-electron chi connectivity index (χ1n) is 6.91. The Morgan fingerprint density at radius 2 is 1.24 bits per heavy atom. The highest BCUT2D eigenvalue weighted by atomic mass is 35.5. The predicted octanol–water partition coefficient (Wildman–Crippen LogP) is 3.61. The van der Waals surface area contributed by atoms with Gasteiger partial charge in [0, 0.05) is 12.4 Å². The van der Waals surface area contributed by atoms with Gasteiger partial charge in [-0.3, -0.25) is 5.41 Å². The zero-order valence-corrected chi connectivity index (χ0v) is 11.7. The average Bonchev–Trinajstić information content (AvgIpc) is 2.30. The van der Waals surface area contributed by atoms with Crippen LogP contribution in [0.5, 0.6) is 0 Å². The highest BCUT2D eigenvalue weighted by molar-refractivity contribution is 6.17. The Balaban J connectivity index is 2.91. The van der Waals surface area contributed by atoms with Crippen LogP contribution in [0.2, 0.25) is 0 Å². The molecule has 0 rings (SSSR count). The van der Waals surface area contributed by atoms with Crippen molar-refractivity contribution in [2.24, 2.45) is 5.73 Å². The fourth-order valence-electron chi connectivity index (χ4n) is 1.86. The summed E-state index contributed by atoms with van der Waals surface area (Å²) in [5.74, 6) is 0.899. The van der Waals surface area contributed by atoms with E-state index in [-0.39, 0.29) is 5.96 Å². The van der Waals surface area contributed by atoms with E-state index in [4.69, 9.17) is 22.7 Å². The van der Waals surface area contributed by atoms with E-state index in [2.05, 4.69) is 5.32 Å². The van der Waals surface area contributed by atoms with Gasteiger partial charge in [0.05, 0.1) is 0 Å². The molecule has 102 valence electrons. The second-order valence-electron chi connectivity index (χ2n) is 4.56. The summed E-state index contributed by atoms with van der Waals surface area (Å²) < 4.78 is 0. The lowest BCUT2D eigenvalue weighted by atomic mass is 10.1. The van der Waals surface area contributed by atoms with Crippen molar-refractivity contribution in [2.45, 2.75) is 64.2 Å². The Kier molecular flexibility index (Phi) is 13.3. The fourth-order valence-corrected chi connectivity index (χ4v) is 2.05. The van der Waals surface area contributed by atoms with Gasteiger partial charge in [-0.05, 0) is 12.8 Å². The highest BCUT2D eigenvalue weighted by Gasteiger charge is 1.93. The molecule has 0 bridgehead atoms. The van der Waals surface area contributed by atoms with Crippen LogP contribution in [0.3, 0.4) is 0 Å². The van der Waals surface area contributed by atoms with Crippen LogP contribution in [0.25, 0.3) is 0 Å². The Labute approximate surface area is 111 Å². The van der Waals surface area contributed by atoms with Gasteiger partial charge < -0.3 is 11.1 Å². The van der Waals surface area contributed by atoms with Crippen molar-refractivity contribution in [1.29, 1.82) is 5.41 Å². The molecule has 0 spiro atoms. The van der Waals surface area contributed by atoms with Crippen LogP contribution in [0.4, 0.5) is 0 Å². The molecule has 0 heterocycles. The fraction of sp³-hybridized carbons (Fsp3) is 0.923. The van der Waals surface area contributed by atoms with Crippen LogP contribution in [-0.2, 0) is 0 Å². The average molecular weight is 262 g/mol. The van der Waals surface area contributed by atoms with Gasteiger partial charge in [0.2, 0.25) is 0 Å². The molecule has 0 fully saturated rings. The van der Waals surface area contributed by atoms with Crippen molar-refractivity contribution >= 4 is 17.6 Å². The quantitative estimate of drug-likeness (QED) is 0.218. The number of guanidine groups is 1. The van der Waals surface area contributed by atoms with Crippen LogP contribution in [0.1, 0.15) is 64.2 Å². The maximum atomic E-state index is 6.99. The molecule has 3 nitrogen and oxygen atoms in total. The maximum Gasteiger partial charge on any atom is 0.185 e. The van der Waals surface area contributed by atoms with Crippen LogP contribution < -0.4 is 11.1 Å². The zero-order chi connectivity index (χ0) is 12.8. The van der Waals surface area contributed by atoms with E-state index in [9.17, 15) is 0 Å². The van der Waals surface area contributed by atoms with Crippen LogP contribution in [0.15, 0.2) is 0 Å². The minimum Gasteiger partial charge on any atom is -0.370 e. The molecule has 0 atom stereocenters. The molecule has 0 aromatic heterocycles. The standard InChI is InChI=1S/C13H28ClN3/c14-11-9-7-5-3-1-2-4-6-8-10-12-17-13(15)16/h1-12H2,(H4,15,16,17).